The van der Waals surface area contributed by atoms with E-state index in [0.29, 0.717) is 5.56 Å². The SMILES string of the molecule is CCc1ccc(Cc2cccc(C3([O-])O[C@H](CO[Si](C)(C)C)[C@@H](O[Si](C)(C)C)[C@H](O[Si](C)(C)C)[C@H]3O[Si](C)(C)C)c2)cc1.[Li+]. The molecule has 0 aromatic heterocycles. The molecule has 1 unspecified atom stereocenters. The van der Waals surface area contributed by atoms with Crippen LogP contribution in [0.3, 0.4) is 0 Å². The Morgan fingerprint density at radius 3 is 1.70 bits per heavy atom. The Morgan fingerprint density at radius 1 is 0.682 bits per heavy atom. The minimum atomic E-state index is -2.24. The topological polar surface area (TPSA) is 69.2 Å². The van der Waals surface area contributed by atoms with Gasteiger partial charge in [0.25, 0.3) is 0 Å². The second kappa shape index (κ2) is 15.3. The van der Waals surface area contributed by atoms with Crippen LogP contribution in [-0.4, -0.2) is 64.3 Å². The molecule has 5 atom stereocenters. The molecule has 2 aromatic rings. The van der Waals surface area contributed by atoms with Gasteiger partial charge in [0.05, 0.1) is 18.8 Å². The average molecular weight is 669 g/mol. The molecule has 6 nitrogen and oxygen atoms in total. The van der Waals surface area contributed by atoms with E-state index >= 15 is 5.11 Å². The molecule has 3 rings (SSSR count). The van der Waals surface area contributed by atoms with Crippen LogP contribution in [-0.2, 0) is 41.1 Å². The second-order valence-corrected chi connectivity index (χ2v) is 33.7. The summed E-state index contributed by atoms with van der Waals surface area (Å²) in [5.74, 6) is -2.00. The summed E-state index contributed by atoms with van der Waals surface area (Å²) in [4.78, 5) is 0. The Kier molecular flexibility index (Phi) is 13.8. The zero-order valence-electron chi connectivity index (χ0n) is 30.0. The molecule has 0 radical (unpaired) electrons. The Hall–Kier alpha value is -0.335. The molecule has 0 saturated carbocycles. The molecule has 1 aliphatic rings. The molecule has 0 amide bonds. The maximum Gasteiger partial charge on any atom is 1.00 e. The third-order valence-electron chi connectivity index (χ3n) is 7.00. The second-order valence-electron chi connectivity index (χ2n) is 15.8. The van der Waals surface area contributed by atoms with E-state index in [1.165, 1.54) is 11.1 Å². The molecule has 44 heavy (non-hydrogen) atoms. The minimum Gasteiger partial charge on any atom is -0.823 e. The minimum absolute atomic E-state index is 0. The number of ether oxygens (including phenoxy) is 1. The maximum absolute atomic E-state index is 15.5. The first-order chi connectivity index (χ1) is 19.6. The van der Waals surface area contributed by atoms with E-state index in [4.69, 9.17) is 22.4 Å². The fourth-order valence-electron chi connectivity index (χ4n) is 5.29. The molecule has 1 aliphatic heterocycles. The molecule has 0 N–H and O–H groups in total. The number of hydrogen-bond donors (Lipinski definition) is 0. The smallest absolute Gasteiger partial charge is 0.823 e. The number of aryl methyl sites for hydroxylation is 1. The van der Waals surface area contributed by atoms with Crippen LogP contribution in [0.25, 0.3) is 0 Å². The van der Waals surface area contributed by atoms with Crippen LogP contribution >= 0.6 is 0 Å². The van der Waals surface area contributed by atoms with Crippen molar-refractivity contribution in [2.75, 3.05) is 6.61 Å². The summed E-state index contributed by atoms with van der Waals surface area (Å²) in [6.07, 6.45) is -0.796. The molecule has 11 heteroatoms. The van der Waals surface area contributed by atoms with Crippen LogP contribution in [0.4, 0.5) is 0 Å². The van der Waals surface area contributed by atoms with Crippen molar-refractivity contribution in [2.45, 2.75) is 129 Å². The maximum atomic E-state index is 15.5. The molecule has 242 valence electrons. The van der Waals surface area contributed by atoms with Gasteiger partial charge in [0.1, 0.15) is 12.2 Å². The number of rotatable bonds is 13. The van der Waals surface area contributed by atoms with Gasteiger partial charge in [-0.2, -0.15) is 0 Å². The Labute approximate surface area is 284 Å². The van der Waals surface area contributed by atoms with Crippen molar-refractivity contribution in [2.24, 2.45) is 0 Å². The van der Waals surface area contributed by atoms with Gasteiger partial charge in [-0.05, 0) is 114 Å². The summed E-state index contributed by atoms with van der Waals surface area (Å²) >= 11 is 0. The van der Waals surface area contributed by atoms with Crippen LogP contribution in [0.15, 0.2) is 48.5 Å². The van der Waals surface area contributed by atoms with Crippen molar-refractivity contribution in [3.63, 3.8) is 0 Å². The third kappa shape index (κ3) is 12.0. The fraction of sp³-hybridized carbons (Fsp3) is 0.636. The van der Waals surface area contributed by atoms with Crippen molar-refractivity contribution < 1.29 is 46.4 Å². The summed E-state index contributed by atoms with van der Waals surface area (Å²) in [5, 5.41) is 15.5. The van der Waals surface area contributed by atoms with E-state index in [1.54, 1.807) is 0 Å². The zero-order valence-corrected chi connectivity index (χ0v) is 34.0. The van der Waals surface area contributed by atoms with Gasteiger partial charge in [-0.25, -0.2) is 0 Å². The summed E-state index contributed by atoms with van der Waals surface area (Å²) in [6, 6.07) is 16.6. The third-order valence-corrected chi connectivity index (χ3v) is 11.0. The van der Waals surface area contributed by atoms with Gasteiger partial charge in [0.2, 0.25) is 0 Å². The summed E-state index contributed by atoms with van der Waals surface area (Å²) in [5.41, 5.74) is 4.14. The van der Waals surface area contributed by atoms with Gasteiger partial charge >= 0.3 is 18.9 Å². The van der Waals surface area contributed by atoms with E-state index < -0.39 is 63.5 Å². The van der Waals surface area contributed by atoms with Crippen LogP contribution in [0, 0.1) is 0 Å². The van der Waals surface area contributed by atoms with Crippen molar-refractivity contribution in [1.82, 2.24) is 0 Å². The first-order valence-corrected chi connectivity index (χ1v) is 29.4. The largest absolute Gasteiger partial charge is 1.00 e. The summed E-state index contributed by atoms with van der Waals surface area (Å²) in [6.45, 7) is 28.2. The molecular formula is C33H57LiO6Si4. The van der Waals surface area contributed by atoms with E-state index in [1.807, 2.05) is 18.2 Å². The van der Waals surface area contributed by atoms with E-state index in [9.17, 15) is 0 Å². The van der Waals surface area contributed by atoms with Gasteiger partial charge in [-0.15, -0.1) is 0 Å². The Balaban J connectivity index is 0.00000675. The predicted octanol–water partition coefficient (Wildman–Crippen LogP) is 4.27. The number of benzene rings is 2. The zero-order chi connectivity index (χ0) is 32.4. The first-order valence-electron chi connectivity index (χ1n) is 15.8. The molecule has 1 heterocycles. The van der Waals surface area contributed by atoms with Gasteiger partial charge in [0.15, 0.2) is 33.3 Å². The van der Waals surface area contributed by atoms with Gasteiger partial charge < -0.3 is 27.5 Å². The monoisotopic (exact) mass is 668 g/mol. The molecule has 0 bridgehead atoms. The van der Waals surface area contributed by atoms with Crippen molar-refractivity contribution in [1.29, 1.82) is 0 Å². The predicted molar refractivity (Wildman–Crippen MR) is 186 cm³/mol. The molecule has 0 spiro atoms. The van der Waals surface area contributed by atoms with Crippen LogP contribution < -0.4 is 24.0 Å². The molecule has 1 saturated heterocycles. The molecular weight excluding hydrogens is 612 g/mol. The molecule has 0 aliphatic carbocycles. The fourth-order valence-corrected chi connectivity index (χ4v) is 9.18. The van der Waals surface area contributed by atoms with Crippen LogP contribution in [0.1, 0.15) is 29.2 Å². The van der Waals surface area contributed by atoms with Gasteiger partial charge in [-0.1, -0.05) is 55.5 Å². The molecule has 2 aromatic carbocycles. The van der Waals surface area contributed by atoms with Crippen molar-refractivity contribution in [3.05, 3.63) is 70.8 Å². The summed E-state index contributed by atoms with van der Waals surface area (Å²) < 4.78 is 33.8. The van der Waals surface area contributed by atoms with E-state index in [-0.39, 0.29) is 25.5 Å². The van der Waals surface area contributed by atoms with Crippen LogP contribution in [0.2, 0.25) is 78.6 Å². The number of hydrogen-bond acceptors (Lipinski definition) is 6. The summed E-state index contributed by atoms with van der Waals surface area (Å²) in [7, 11) is -8.40. The first kappa shape index (κ1) is 39.8. The average Bonchev–Trinajstić information content (AvgIpc) is 2.85. The van der Waals surface area contributed by atoms with Crippen LogP contribution in [0.5, 0.6) is 0 Å². The van der Waals surface area contributed by atoms with E-state index in [2.05, 4.69) is 116 Å². The Morgan fingerprint density at radius 2 is 1.20 bits per heavy atom. The van der Waals surface area contributed by atoms with Crippen molar-refractivity contribution >= 4 is 33.3 Å². The van der Waals surface area contributed by atoms with Gasteiger partial charge in [0, 0.05) is 5.79 Å². The standard InChI is InChI=1S/C33H57O6Si4.Li/c1-14-25-18-20-26(21-19-25)22-27-16-15-17-28(23-27)33(34)32(39-43(11,12)13)31(38-42(8,9)10)30(37-41(5,6)7)29(36-33)24-35-40(2,3)4;/h15-21,23,29-32H,14,22,24H2,1-13H3;/q-1;+1/t29-,30-,31+,32-,33?;/m1./s1. The Bertz CT molecular complexity index is 1190. The van der Waals surface area contributed by atoms with Gasteiger partial charge in [-0.3, -0.25) is 0 Å². The van der Waals surface area contributed by atoms with Crippen molar-refractivity contribution in [3.8, 4) is 0 Å². The molecule has 1 fully saturated rings. The quantitative estimate of drug-likeness (QED) is 0.297. The van der Waals surface area contributed by atoms with E-state index in [0.717, 1.165) is 18.4 Å². The normalized spacial score (nSPS) is 25.0.